The second-order valence-electron chi connectivity index (χ2n) is 3.87. The van der Waals surface area contributed by atoms with Crippen LogP contribution in [0.5, 0.6) is 0 Å². The molecule has 0 aromatic carbocycles. The van der Waals surface area contributed by atoms with Crippen molar-refractivity contribution in [1.82, 2.24) is 9.97 Å². The van der Waals surface area contributed by atoms with Crippen LogP contribution in [-0.4, -0.2) is 22.4 Å². The smallest absolute Gasteiger partial charge is 0.233 e. The van der Waals surface area contributed by atoms with Gasteiger partial charge in [-0.15, -0.1) is 0 Å². The van der Waals surface area contributed by atoms with Gasteiger partial charge in [0.1, 0.15) is 6.33 Å². The predicted octanol–water partition coefficient (Wildman–Crippen LogP) is 0.621. The first-order valence-electron chi connectivity index (χ1n) is 4.66. The molecule has 5 nitrogen and oxygen atoms in total. The molecule has 0 bridgehead atoms. The Balaban J connectivity index is 2.00. The first-order chi connectivity index (χ1) is 6.80. The third kappa shape index (κ3) is 0.982. The summed E-state index contributed by atoms with van der Waals surface area (Å²) in [6.45, 7) is 0.694. The third-order valence-electron chi connectivity index (χ3n) is 2.90. The second kappa shape index (κ2) is 2.43. The number of carbonyl (C=O) groups excluding carboxylic acids is 1. The largest absolute Gasteiger partial charge is 0.380 e. The zero-order valence-corrected chi connectivity index (χ0v) is 7.58. The SMILES string of the molecule is O=C1Nc2ncncc2NCC12CC2. The van der Waals surface area contributed by atoms with Crippen LogP contribution in [0.25, 0.3) is 0 Å². The number of anilines is 2. The highest BCUT2D eigenvalue weighted by Gasteiger charge is 2.50. The summed E-state index contributed by atoms with van der Waals surface area (Å²) in [6, 6.07) is 0. The van der Waals surface area contributed by atoms with Gasteiger partial charge in [-0.3, -0.25) is 4.79 Å². The molecule has 1 spiro atoms. The first-order valence-corrected chi connectivity index (χ1v) is 4.66. The van der Waals surface area contributed by atoms with Gasteiger partial charge in [-0.2, -0.15) is 0 Å². The molecule has 1 aliphatic carbocycles. The maximum absolute atomic E-state index is 11.7. The zero-order chi connectivity index (χ0) is 9.60. The zero-order valence-electron chi connectivity index (χ0n) is 7.58. The molecule has 72 valence electrons. The van der Waals surface area contributed by atoms with Crippen molar-refractivity contribution in [3.8, 4) is 0 Å². The molecule has 1 saturated carbocycles. The van der Waals surface area contributed by atoms with Crippen LogP contribution in [0.3, 0.4) is 0 Å². The van der Waals surface area contributed by atoms with E-state index >= 15 is 0 Å². The van der Waals surface area contributed by atoms with Crippen molar-refractivity contribution in [3.63, 3.8) is 0 Å². The van der Waals surface area contributed by atoms with Gasteiger partial charge in [0.25, 0.3) is 0 Å². The van der Waals surface area contributed by atoms with Gasteiger partial charge in [-0.1, -0.05) is 0 Å². The number of carbonyl (C=O) groups is 1. The lowest BCUT2D eigenvalue weighted by atomic mass is 10.1. The van der Waals surface area contributed by atoms with Crippen molar-refractivity contribution in [2.24, 2.45) is 5.41 Å². The fourth-order valence-corrected chi connectivity index (χ4v) is 1.70. The number of hydrogen-bond donors (Lipinski definition) is 2. The number of aromatic nitrogens is 2. The van der Waals surface area contributed by atoms with Gasteiger partial charge in [-0.25, -0.2) is 9.97 Å². The molecule has 2 aliphatic rings. The number of nitrogens with zero attached hydrogens (tertiary/aromatic N) is 2. The van der Waals surface area contributed by atoms with Crippen molar-refractivity contribution in [1.29, 1.82) is 0 Å². The Morgan fingerprint density at radius 1 is 1.43 bits per heavy atom. The summed E-state index contributed by atoms with van der Waals surface area (Å²) in [7, 11) is 0. The van der Waals surface area contributed by atoms with E-state index in [1.54, 1.807) is 6.20 Å². The quantitative estimate of drug-likeness (QED) is 0.629. The Morgan fingerprint density at radius 2 is 2.29 bits per heavy atom. The van der Waals surface area contributed by atoms with Gasteiger partial charge in [0.15, 0.2) is 5.82 Å². The highest BCUT2D eigenvalue weighted by molar-refractivity contribution is 6.00. The minimum Gasteiger partial charge on any atom is -0.380 e. The number of nitrogens with one attached hydrogen (secondary N) is 2. The molecule has 1 aromatic rings. The summed E-state index contributed by atoms with van der Waals surface area (Å²) in [4.78, 5) is 19.7. The fraction of sp³-hybridized carbons (Fsp3) is 0.444. The van der Waals surface area contributed by atoms with E-state index < -0.39 is 0 Å². The summed E-state index contributed by atoms with van der Waals surface area (Å²) in [5.74, 6) is 0.677. The van der Waals surface area contributed by atoms with E-state index in [1.165, 1.54) is 6.33 Å². The Kier molecular flexibility index (Phi) is 1.34. The van der Waals surface area contributed by atoms with E-state index in [2.05, 4.69) is 20.6 Å². The lowest BCUT2D eigenvalue weighted by molar-refractivity contribution is -0.120. The molecule has 1 aliphatic heterocycles. The molecule has 3 rings (SSSR count). The van der Waals surface area contributed by atoms with Crippen molar-refractivity contribution in [3.05, 3.63) is 12.5 Å². The van der Waals surface area contributed by atoms with Gasteiger partial charge in [-0.05, 0) is 12.8 Å². The molecule has 0 atom stereocenters. The Bertz CT molecular complexity index is 400. The monoisotopic (exact) mass is 190 g/mol. The topological polar surface area (TPSA) is 66.9 Å². The van der Waals surface area contributed by atoms with E-state index in [0.29, 0.717) is 12.4 Å². The molecule has 0 unspecified atom stereocenters. The maximum Gasteiger partial charge on any atom is 0.233 e. The van der Waals surface area contributed by atoms with E-state index in [4.69, 9.17) is 0 Å². The minimum absolute atomic E-state index is 0.0856. The predicted molar refractivity (Wildman–Crippen MR) is 50.8 cm³/mol. The summed E-state index contributed by atoms with van der Waals surface area (Å²) in [5, 5.41) is 6.02. The number of hydrogen-bond acceptors (Lipinski definition) is 4. The highest BCUT2D eigenvalue weighted by atomic mass is 16.2. The molecule has 2 heterocycles. The molecule has 5 heteroatoms. The van der Waals surface area contributed by atoms with Crippen LogP contribution in [0.2, 0.25) is 0 Å². The fourth-order valence-electron chi connectivity index (χ4n) is 1.70. The van der Waals surface area contributed by atoms with Crippen LogP contribution in [0.15, 0.2) is 12.5 Å². The van der Waals surface area contributed by atoms with Gasteiger partial charge in [0.05, 0.1) is 17.3 Å². The highest BCUT2D eigenvalue weighted by Crippen LogP contribution is 2.48. The standard InChI is InChI=1S/C9H10N4O/c14-8-9(1-2-9)4-11-6-3-10-5-12-7(6)13-8/h3,5,11H,1-2,4H2,(H,10,12,13,14). The molecule has 14 heavy (non-hydrogen) atoms. The van der Waals surface area contributed by atoms with Crippen molar-refractivity contribution >= 4 is 17.4 Å². The third-order valence-corrected chi connectivity index (χ3v) is 2.90. The molecule has 1 fully saturated rings. The van der Waals surface area contributed by atoms with Crippen LogP contribution >= 0.6 is 0 Å². The van der Waals surface area contributed by atoms with E-state index in [-0.39, 0.29) is 11.3 Å². The van der Waals surface area contributed by atoms with Crippen molar-refractivity contribution < 1.29 is 4.79 Å². The summed E-state index contributed by atoms with van der Waals surface area (Å²) < 4.78 is 0. The van der Waals surface area contributed by atoms with Crippen LogP contribution in [-0.2, 0) is 4.79 Å². The van der Waals surface area contributed by atoms with Gasteiger partial charge < -0.3 is 10.6 Å². The molecule has 1 aromatic heterocycles. The first kappa shape index (κ1) is 7.73. The summed E-state index contributed by atoms with van der Waals surface area (Å²) in [5.41, 5.74) is 0.630. The van der Waals surface area contributed by atoms with Crippen LogP contribution < -0.4 is 10.6 Å². The average molecular weight is 190 g/mol. The molecular formula is C9H10N4O. The molecule has 0 radical (unpaired) electrons. The van der Waals surface area contributed by atoms with E-state index in [1.807, 2.05) is 0 Å². The van der Waals surface area contributed by atoms with Crippen LogP contribution in [0, 0.1) is 5.41 Å². The molecule has 1 amide bonds. The lowest BCUT2D eigenvalue weighted by Gasteiger charge is -2.08. The van der Waals surface area contributed by atoms with Gasteiger partial charge in [0.2, 0.25) is 5.91 Å². The Hall–Kier alpha value is -1.65. The normalized spacial score (nSPS) is 21.9. The van der Waals surface area contributed by atoms with E-state index in [0.717, 1.165) is 18.5 Å². The Labute approximate surface area is 80.9 Å². The minimum atomic E-state index is -0.180. The number of amides is 1. The average Bonchev–Trinajstić information content (AvgIpc) is 2.98. The van der Waals surface area contributed by atoms with Crippen LogP contribution in [0.4, 0.5) is 11.5 Å². The van der Waals surface area contributed by atoms with Gasteiger partial charge >= 0.3 is 0 Å². The lowest BCUT2D eigenvalue weighted by Crippen LogP contribution is -2.27. The number of fused-ring (bicyclic) bond motifs is 1. The summed E-state index contributed by atoms with van der Waals surface area (Å²) in [6.07, 6.45) is 5.05. The summed E-state index contributed by atoms with van der Waals surface area (Å²) >= 11 is 0. The Morgan fingerprint density at radius 3 is 3.07 bits per heavy atom. The molecular weight excluding hydrogens is 180 g/mol. The number of rotatable bonds is 0. The molecule has 2 N–H and O–H groups in total. The second-order valence-corrected chi connectivity index (χ2v) is 3.87. The van der Waals surface area contributed by atoms with Crippen LogP contribution in [0.1, 0.15) is 12.8 Å². The van der Waals surface area contributed by atoms with Crippen molar-refractivity contribution in [2.45, 2.75) is 12.8 Å². The van der Waals surface area contributed by atoms with E-state index in [9.17, 15) is 4.79 Å². The molecule has 0 saturated heterocycles. The van der Waals surface area contributed by atoms with Gasteiger partial charge in [0, 0.05) is 6.54 Å². The maximum atomic E-state index is 11.7. The van der Waals surface area contributed by atoms with Crippen molar-refractivity contribution in [2.75, 3.05) is 17.2 Å².